The van der Waals surface area contributed by atoms with E-state index in [2.05, 4.69) is 19.6 Å². The van der Waals surface area contributed by atoms with Crippen LogP contribution in [-0.2, 0) is 4.79 Å². The summed E-state index contributed by atoms with van der Waals surface area (Å²) < 4.78 is 0. The van der Waals surface area contributed by atoms with Crippen LogP contribution < -0.4 is 0 Å². The summed E-state index contributed by atoms with van der Waals surface area (Å²) >= 11 is 0. The number of carboxylic acid groups (broad SMARTS) is 1. The van der Waals surface area contributed by atoms with Crippen molar-refractivity contribution in [2.45, 2.75) is 26.2 Å². The SMILES string of the molecule is C=CC(=O)O.CCC=C1CC1. The van der Waals surface area contributed by atoms with Crippen molar-refractivity contribution in [3.63, 3.8) is 0 Å². The van der Waals surface area contributed by atoms with Crippen LogP contribution in [-0.4, -0.2) is 11.1 Å². The molecule has 0 bridgehead atoms. The van der Waals surface area contributed by atoms with Crippen LogP contribution in [0.15, 0.2) is 24.3 Å². The Labute approximate surface area is 67.2 Å². The molecule has 2 nitrogen and oxygen atoms in total. The van der Waals surface area contributed by atoms with Gasteiger partial charge < -0.3 is 5.11 Å². The van der Waals surface area contributed by atoms with Gasteiger partial charge in [0, 0.05) is 6.08 Å². The van der Waals surface area contributed by atoms with Gasteiger partial charge in [0.05, 0.1) is 0 Å². The van der Waals surface area contributed by atoms with Crippen molar-refractivity contribution < 1.29 is 9.90 Å². The zero-order valence-electron chi connectivity index (χ0n) is 6.84. The summed E-state index contributed by atoms with van der Waals surface area (Å²) in [7, 11) is 0. The Morgan fingerprint density at radius 2 is 2.18 bits per heavy atom. The number of aliphatic carboxylic acids is 1. The Morgan fingerprint density at radius 1 is 1.73 bits per heavy atom. The maximum atomic E-state index is 9.25. The first-order valence-corrected chi connectivity index (χ1v) is 3.74. The molecular weight excluding hydrogens is 140 g/mol. The molecule has 1 fully saturated rings. The van der Waals surface area contributed by atoms with Crippen LogP contribution in [0.1, 0.15) is 26.2 Å². The quantitative estimate of drug-likeness (QED) is 0.489. The molecule has 0 unspecified atom stereocenters. The summed E-state index contributed by atoms with van der Waals surface area (Å²) in [6.07, 6.45) is 7.15. The van der Waals surface area contributed by atoms with Gasteiger partial charge in [-0.15, -0.1) is 0 Å². The van der Waals surface area contributed by atoms with Crippen LogP contribution in [0.3, 0.4) is 0 Å². The van der Waals surface area contributed by atoms with E-state index in [1.54, 1.807) is 5.57 Å². The number of allylic oxidation sites excluding steroid dienone is 2. The molecule has 11 heavy (non-hydrogen) atoms. The number of hydrogen-bond donors (Lipinski definition) is 1. The van der Waals surface area contributed by atoms with E-state index in [4.69, 9.17) is 5.11 Å². The van der Waals surface area contributed by atoms with Gasteiger partial charge in [-0.05, 0) is 19.3 Å². The van der Waals surface area contributed by atoms with Crippen LogP contribution in [0.25, 0.3) is 0 Å². The second-order valence-electron chi connectivity index (χ2n) is 2.31. The predicted octanol–water partition coefficient (Wildman–Crippen LogP) is 2.37. The minimum atomic E-state index is -0.981. The Morgan fingerprint density at radius 3 is 2.27 bits per heavy atom. The molecule has 0 aromatic heterocycles. The van der Waals surface area contributed by atoms with Crippen molar-refractivity contribution >= 4 is 5.97 Å². The van der Waals surface area contributed by atoms with Gasteiger partial charge in [-0.25, -0.2) is 4.79 Å². The predicted molar refractivity (Wildman–Crippen MR) is 45.4 cm³/mol. The van der Waals surface area contributed by atoms with Gasteiger partial charge >= 0.3 is 5.97 Å². The second-order valence-corrected chi connectivity index (χ2v) is 2.31. The van der Waals surface area contributed by atoms with Crippen molar-refractivity contribution in [1.29, 1.82) is 0 Å². The zero-order valence-corrected chi connectivity index (χ0v) is 6.84. The van der Waals surface area contributed by atoms with Crippen LogP contribution in [0.2, 0.25) is 0 Å². The molecule has 0 heterocycles. The fourth-order valence-electron chi connectivity index (χ4n) is 0.565. The lowest BCUT2D eigenvalue weighted by molar-refractivity contribution is -0.131. The minimum Gasteiger partial charge on any atom is -0.478 e. The lowest BCUT2D eigenvalue weighted by Gasteiger charge is -1.67. The van der Waals surface area contributed by atoms with Crippen molar-refractivity contribution in [2.75, 3.05) is 0 Å². The maximum absolute atomic E-state index is 9.25. The highest BCUT2D eigenvalue weighted by atomic mass is 16.4. The fraction of sp³-hybridized carbons (Fsp3) is 0.444. The van der Waals surface area contributed by atoms with Crippen LogP contribution in [0, 0.1) is 0 Å². The smallest absolute Gasteiger partial charge is 0.327 e. The Kier molecular flexibility index (Phi) is 5.17. The molecule has 2 heteroatoms. The van der Waals surface area contributed by atoms with Crippen LogP contribution in [0.4, 0.5) is 0 Å². The Hall–Kier alpha value is -1.05. The summed E-state index contributed by atoms with van der Waals surface area (Å²) in [5.41, 5.74) is 1.66. The zero-order chi connectivity index (χ0) is 8.69. The molecule has 0 atom stereocenters. The average molecular weight is 154 g/mol. The van der Waals surface area contributed by atoms with Gasteiger partial charge in [0.2, 0.25) is 0 Å². The molecule has 1 rings (SSSR count). The highest BCUT2D eigenvalue weighted by Gasteiger charge is 2.07. The number of carbonyl (C=O) groups is 1. The number of rotatable bonds is 2. The monoisotopic (exact) mass is 154 g/mol. The molecule has 1 aliphatic rings. The highest BCUT2D eigenvalue weighted by Crippen LogP contribution is 2.27. The maximum Gasteiger partial charge on any atom is 0.327 e. The molecule has 0 radical (unpaired) electrons. The van der Waals surface area contributed by atoms with E-state index < -0.39 is 5.97 Å². The first-order chi connectivity index (χ1) is 5.20. The number of hydrogen-bond acceptors (Lipinski definition) is 1. The lowest BCUT2D eigenvalue weighted by atomic mass is 10.4. The normalized spacial score (nSPS) is 12.6. The first-order valence-electron chi connectivity index (χ1n) is 3.74. The van der Waals surface area contributed by atoms with Crippen LogP contribution >= 0.6 is 0 Å². The van der Waals surface area contributed by atoms with Crippen molar-refractivity contribution in [1.82, 2.24) is 0 Å². The molecule has 0 spiro atoms. The van der Waals surface area contributed by atoms with Gasteiger partial charge in [-0.2, -0.15) is 0 Å². The van der Waals surface area contributed by atoms with Gasteiger partial charge in [0.25, 0.3) is 0 Å². The third kappa shape index (κ3) is 8.95. The van der Waals surface area contributed by atoms with Gasteiger partial charge in [0.15, 0.2) is 0 Å². The Bertz CT molecular complexity index is 162. The van der Waals surface area contributed by atoms with Crippen molar-refractivity contribution in [3.05, 3.63) is 24.3 Å². The molecule has 1 aliphatic carbocycles. The van der Waals surface area contributed by atoms with E-state index >= 15 is 0 Å². The molecule has 1 saturated carbocycles. The molecular formula is C9H14O2. The summed E-state index contributed by atoms with van der Waals surface area (Å²) in [5, 5.41) is 7.60. The van der Waals surface area contributed by atoms with E-state index in [9.17, 15) is 4.79 Å². The Balaban J connectivity index is 0.000000187. The fourth-order valence-corrected chi connectivity index (χ4v) is 0.565. The second kappa shape index (κ2) is 5.71. The van der Waals surface area contributed by atoms with Crippen LogP contribution in [0.5, 0.6) is 0 Å². The first kappa shape index (κ1) is 9.95. The summed E-state index contributed by atoms with van der Waals surface area (Å²) in [4.78, 5) is 9.25. The lowest BCUT2D eigenvalue weighted by Crippen LogP contribution is -1.82. The average Bonchev–Trinajstić information content (AvgIpc) is 2.74. The molecule has 1 N–H and O–H groups in total. The summed E-state index contributed by atoms with van der Waals surface area (Å²) in [6.45, 7) is 5.15. The summed E-state index contributed by atoms with van der Waals surface area (Å²) in [6, 6.07) is 0. The standard InChI is InChI=1S/C6H10.C3H4O2/c1-2-3-6-4-5-6;1-2-3(4)5/h3H,2,4-5H2,1H3;2H,1H2,(H,4,5). The third-order valence-corrected chi connectivity index (χ3v) is 1.21. The van der Waals surface area contributed by atoms with Crippen molar-refractivity contribution in [3.8, 4) is 0 Å². The third-order valence-electron chi connectivity index (χ3n) is 1.21. The van der Waals surface area contributed by atoms with E-state index in [-0.39, 0.29) is 0 Å². The molecule has 0 saturated heterocycles. The number of carboxylic acids is 1. The largest absolute Gasteiger partial charge is 0.478 e. The molecule has 62 valence electrons. The molecule has 0 aromatic carbocycles. The van der Waals surface area contributed by atoms with Gasteiger partial charge in [-0.3, -0.25) is 0 Å². The topological polar surface area (TPSA) is 37.3 Å². The van der Waals surface area contributed by atoms with Crippen molar-refractivity contribution in [2.24, 2.45) is 0 Å². The van der Waals surface area contributed by atoms with E-state index in [0.29, 0.717) is 0 Å². The van der Waals surface area contributed by atoms with Gasteiger partial charge in [0.1, 0.15) is 0 Å². The summed E-state index contributed by atoms with van der Waals surface area (Å²) in [5.74, 6) is -0.981. The van der Waals surface area contributed by atoms with E-state index in [0.717, 1.165) is 6.08 Å². The molecule has 0 aromatic rings. The van der Waals surface area contributed by atoms with E-state index in [1.807, 2.05) is 0 Å². The molecule has 0 aliphatic heterocycles. The highest BCUT2D eigenvalue weighted by molar-refractivity contribution is 5.78. The van der Waals surface area contributed by atoms with E-state index in [1.165, 1.54) is 19.3 Å². The van der Waals surface area contributed by atoms with Gasteiger partial charge in [-0.1, -0.05) is 25.2 Å². The minimum absolute atomic E-state index is 0.833. The molecule has 0 amide bonds.